The van der Waals surface area contributed by atoms with Crippen LogP contribution in [0.4, 0.5) is 0 Å². The van der Waals surface area contributed by atoms with Crippen LogP contribution in [0.1, 0.15) is 114 Å². The highest BCUT2D eigenvalue weighted by atomic mass is 14.8. The molecular formula is C37H67N. The summed E-state index contributed by atoms with van der Waals surface area (Å²) in [4.78, 5) is 0. The molecule has 0 spiro atoms. The van der Waals surface area contributed by atoms with Gasteiger partial charge in [-0.2, -0.15) is 0 Å². The van der Waals surface area contributed by atoms with E-state index in [-0.39, 0.29) is 0 Å². The summed E-state index contributed by atoms with van der Waals surface area (Å²) in [5.74, 6) is 0.898. The predicted octanol–water partition coefficient (Wildman–Crippen LogP) is 12.6. The Balaban J connectivity index is -0.000000119. The molecule has 0 heterocycles. The summed E-state index contributed by atoms with van der Waals surface area (Å²) in [6, 6.07) is 10.3. The maximum atomic E-state index is 3.67. The monoisotopic (exact) mass is 526 g/mol. The molecule has 0 fully saturated rings. The molecule has 1 aromatic carbocycles. The summed E-state index contributed by atoms with van der Waals surface area (Å²) in [6.07, 6.45) is 17.2. The van der Waals surface area contributed by atoms with Gasteiger partial charge >= 0.3 is 0 Å². The molecular weight excluding hydrogens is 458 g/mol. The van der Waals surface area contributed by atoms with Crippen molar-refractivity contribution in [1.29, 1.82) is 0 Å². The lowest BCUT2D eigenvalue weighted by Gasteiger charge is -1.95. The molecule has 1 N–H and O–H groups in total. The Kier molecular flexibility index (Phi) is 46.6. The minimum absolute atomic E-state index is 0.898. The van der Waals surface area contributed by atoms with Crippen LogP contribution < -0.4 is 5.32 Å². The number of rotatable bonds is 8. The van der Waals surface area contributed by atoms with Crippen LogP contribution in [0.2, 0.25) is 0 Å². The summed E-state index contributed by atoms with van der Waals surface area (Å²) >= 11 is 0. The molecule has 0 aliphatic carbocycles. The summed E-state index contributed by atoms with van der Waals surface area (Å²) in [5.41, 5.74) is 6.26. The molecule has 1 aromatic rings. The van der Waals surface area contributed by atoms with Crippen molar-refractivity contribution in [3.05, 3.63) is 108 Å². The van der Waals surface area contributed by atoms with Gasteiger partial charge in [-0.3, -0.25) is 0 Å². The zero-order valence-electron chi connectivity index (χ0n) is 28.2. The van der Waals surface area contributed by atoms with Crippen LogP contribution in [0.15, 0.2) is 102 Å². The van der Waals surface area contributed by atoms with Crippen LogP contribution in [0.3, 0.4) is 0 Å². The van der Waals surface area contributed by atoms with Gasteiger partial charge in [0.1, 0.15) is 0 Å². The van der Waals surface area contributed by atoms with E-state index in [4.69, 9.17) is 0 Å². The van der Waals surface area contributed by atoms with E-state index in [1.807, 2.05) is 78.1 Å². The van der Waals surface area contributed by atoms with Crippen molar-refractivity contribution in [2.45, 2.75) is 116 Å². The van der Waals surface area contributed by atoms with Crippen molar-refractivity contribution >= 4 is 0 Å². The van der Waals surface area contributed by atoms with E-state index in [0.717, 1.165) is 24.5 Å². The smallest absolute Gasteiger partial charge is 0.00725 e. The number of allylic oxidation sites excluding steroid dienone is 10. The van der Waals surface area contributed by atoms with Gasteiger partial charge in [0.05, 0.1) is 0 Å². The van der Waals surface area contributed by atoms with Crippen molar-refractivity contribution < 1.29 is 0 Å². The van der Waals surface area contributed by atoms with E-state index < -0.39 is 0 Å². The lowest BCUT2D eigenvalue weighted by Crippen LogP contribution is -2.00. The van der Waals surface area contributed by atoms with Gasteiger partial charge in [0, 0.05) is 12.7 Å². The quantitative estimate of drug-likeness (QED) is 0.263. The van der Waals surface area contributed by atoms with Gasteiger partial charge in [-0.1, -0.05) is 151 Å². The highest BCUT2D eigenvalue weighted by Gasteiger charge is 1.85. The highest BCUT2D eigenvalue weighted by molar-refractivity contribution is 5.21. The molecule has 1 heteroatoms. The highest BCUT2D eigenvalue weighted by Crippen LogP contribution is 2.00. The molecule has 0 saturated carbocycles. The van der Waals surface area contributed by atoms with E-state index in [1.165, 1.54) is 35.1 Å². The molecule has 1 nitrogen and oxygen atoms in total. The van der Waals surface area contributed by atoms with Crippen molar-refractivity contribution in [2.24, 2.45) is 5.92 Å². The molecule has 0 aliphatic heterocycles. The molecule has 38 heavy (non-hydrogen) atoms. The Labute approximate surface area is 241 Å². The lowest BCUT2D eigenvalue weighted by molar-refractivity contribution is 0.576. The van der Waals surface area contributed by atoms with Crippen LogP contribution in [-0.4, -0.2) is 7.05 Å². The molecule has 0 aromatic heterocycles. The Morgan fingerprint density at radius 1 is 0.895 bits per heavy atom. The number of aryl methyl sites for hydroxylation is 1. The zero-order chi connectivity index (χ0) is 30.8. The van der Waals surface area contributed by atoms with E-state index >= 15 is 0 Å². The SMILES string of the molecule is C=C(C)CC.C=C/C(C)=C/C=C(/C)NC.CC.CC/C=C\C=C(C)C.CCCC(C)C.Cc1ccccc1. The largest absolute Gasteiger partial charge is 0.392 e. The van der Waals surface area contributed by atoms with Gasteiger partial charge in [0.2, 0.25) is 0 Å². The van der Waals surface area contributed by atoms with Crippen LogP contribution in [0, 0.1) is 12.8 Å². The third kappa shape index (κ3) is 58.9. The number of benzene rings is 1. The first-order chi connectivity index (χ1) is 17.9. The second kappa shape index (κ2) is 39.0. The molecule has 0 atom stereocenters. The zero-order valence-corrected chi connectivity index (χ0v) is 28.2. The number of hydrogen-bond donors (Lipinski definition) is 1. The molecule has 220 valence electrons. The van der Waals surface area contributed by atoms with Gasteiger partial charge in [-0.25, -0.2) is 0 Å². The van der Waals surface area contributed by atoms with Crippen molar-refractivity contribution in [1.82, 2.24) is 5.32 Å². The third-order valence-electron chi connectivity index (χ3n) is 4.52. The second-order valence-corrected chi connectivity index (χ2v) is 9.44. The van der Waals surface area contributed by atoms with Crippen LogP contribution in [0.5, 0.6) is 0 Å². The molecule has 0 amide bonds. The predicted molar refractivity (Wildman–Crippen MR) is 183 cm³/mol. The average molecular weight is 526 g/mol. The van der Waals surface area contributed by atoms with E-state index in [9.17, 15) is 0 Å². The van der Waals surface area contributed by atoms with Crippen molar-refractivity contribution in [3.8, 4) is 0 Å². The topological polar surface area (TPSA) is 12.0 Å². The fraction of sp³-hybridized carbons (Fsp3) is 0.514. The second-order valence-electron chi connectivity index (χ2n) is 9.44. The van der Waals surface area contributed by atoms with E-state index in [1.54, 1.807) is 0 Å². The Morgan fingerprint density at radius 3 is 1.63 bits per heavy atom. The maximum absolute atomic E-state index is 3.67. The Hall–Kier alpha value is -2.54. The molecule has 0 radical (unpaired) electrons. The van der Waals surface area contributed by atoms with Crippen LogP contribution in [-0.2, 0) is 0 Å². The summed E-state index contributed by atoms with van der Waals surface area (Å²) in [5, 5.41) is 3.03. The first-order valence-corrected chi connectivity index (χ1v) is 14.5. The Morgan fingerprint density at radius 2 is 1.39 bits per heavy atom. The van der Waals surface area contributed by atoms with Crippen LogP contribution >= 0.6 is 0 Å². The van der Waals surface area contributed by atoms with E-state index in [2.05, 4.69) is 104 Å². The van der Waals surface area contributed by atoms with Crippen LogP contribution in [0.25, 0.3) is 0 Å². The summed E-state index contributed by atoms with van der Waals surface area (Å²) in [6.45, 7) is 34.6. The fourth-order valence-corrected chi connectivity index (χ4v) is 1.92. The van der Waals surface area contributed by atoms with Gasteiger partial charge in [-0.15, -0.1) is 6.58 Å². The molecule has 1 rings (SSSR count). The lowest BCUT2D eigenvalue weighted by atomic mass is 10.1. The molecule has 0 bridgehead atoms. The molecule has 0 saturated heterocycles. The van der Waals surface area contributed by atoms with E-state index in [0.29, 0.717) is 0 Å². The third-order valence-corrected chi connectivity index (χ3v) is 4.52. The number of hydrogen-bond acceptors (Lipinski definition) is 1. The fourth-order valence-electron chi connectivity index (χ4n) is 1.92. The minimum atomic E-state index is 0.898. The molecule has 0 unspecified atom stereocenters. The normalized spacial score (nSPS) is 9.87. The minimum Gasteiger partial charge on any atom is -0.392 e. The summed E-state index contributed by atoms with van der Waals surface area (Å²) < 4.78 is 0. The average Bonchev–Trinajstić information content (AvgIpc) is 2.90. The Bertz CT molecular complexity index is 723. The van der Waals surface area contributed by atoms with Gasteiger partial charge in [0.25, 0.3) is 0 Å². The van der Waals surface area contributed by atoms with Gasteiger partial charge in [-0.05, 0) is 66.4 Å². The van der Waals surface area contributed by atoms with Crippen molar-refractivity contribution in [3.63, 3.8) is 0 Å². The van der Waals surface area contributed by atoms with Gasteiger partial charge in [0.15, 0.2) is 0 Å². The first-order valence-electron chi connectivity index (χ1n) is 14.5. The summed E-state index contributed by atoms with van der Waals surface area (Å²) in [7, 11) is 1.91. The first kappa shape index (κ1) is 45.4. The van der Waals surface area contributed by atoms with Gasteiger partial charge < -0.3 is 5.32 Å². The standard InChI is InChI=1S/C9H15N.C8H14.C7H8.C6H14.C5H10.C2H6/c1-5-8(2)6-7-9(3)10-4;1-4-5-6-7-8(2)3;1-7-5-3-2-4-6-7;1-4-5-6(2)3;1-4-5(2)3;1-2/h5-7,10H,1H2,2-4H3;5-7H,4H2,1-3H3;2-6H,1H3;6H,4-5H2,1-3H3;2,4H2,1,3H3;1-2H3/b8-6+,9-7-;6-5-;;;;. The molecule has 0 aliphatic rings. The number of nitrogens with one attached hydrogen (secondary N) is 1. The van der Waals surface area contributed by atoms with Crippen molar-refractivity contribution in [2.75, 3.05) is 7.05 Å². The maximum Gasteiger partial charge on any atom is 0.00725 e.